The Bertz CT molecular complexity index is 401. The molecule has 0 amide bonds. The molecule has 2 unspecified atom stereocenters. The summed E-state index contributed by atoms with van der Waals surface area (Å²) in [5, 5.41) is 1.13. The maximum Gasteiger partial charge on any atom is 0.0615 e. The highest BCUT2D eigenvalue weighted by Crippen LogP contribution is 2.28. The summed E-state index contributed by atoms with van der Waals surface area (Å²) in [6.07, 6.45) is 0. The minimum atomic E-state index is 0.116. The molecule has 0 aliphatic carbocycles. The van der Waals surface area contributed by atoms with Crippen molar-refractivity contribution in [3.05, 3.63) is 33.8 Å². The number of halogens is 2. The van der Waals surface area contributed by atoms with E-state index in [-0.39, 0.29) is 12.1 Å². The molecule has 108 valence electrons. The van der Waals surface area contributed by atoms with Gasteiger partial charge in [0.2, 0.25) is 0 Å². The predicted molar refractivity (Wildman–Crippen MR) is 82.0 cm³/mol. The lowest BCUT2D eigenvalue weighted by Crippen LogP contribution is -2.42. The molecule has 0 aliphatic rings. The van der Waals surface area contributed by atoms with Crippen LogP contribution in [0.1, 0.15) is 25.5 Å². The molecule has 5 heteroatoms. The molecular formula is C14H22Cl2N2O. The lowest BCUT2D eigenvalue weighted by Gasteiger charge is -2.35. The summed E-state index contributed by atoms with van der Waals surface area (Å²) >= 11 is 12.0. The fourth-order valence-corrected chi connectivity index (χ4v) is 2.67. The second-order valence-electron chi connectivity index (χ2n) is 4.56. The normalized spacial score (nSPS) is 14.7. The highest BCUT2D eigenvalue weighted by Gasteiger charge is 2.23. The standard InChI is InChI=1S/C14H22Cl2N2O/c1-4-18(10(2)9-19-3)14(8-17)11-5-6-12(15)13(16)7-11/h5-7,10,14H,4,8-9,17H2,1-3H3. The molecule has 1 rings (SSSR count). The van der Waals surface area contributed by atoms with Crippen molar-refractivity contribution in [2.45, 2.75) is 25.9 Å². The minimum Gasteiger partial charge on any atom is -0.383 e. The SMILES string of the molecule is CCN(C(C)COC)C(CN)c1ccc(Cl)c(Cl)c1. The van der Waals surface area contributed by atoms with E-state index in [0.717, 1.165) is 12.1 Å². The summed E-state index contributed by atoms with van der Waals surface area (Å²) in [6.45, 7) is 6.34. The van der Waals surface area contributed by atoms with Crippen molar-refractivity contribution in [2.24, 2.45) is 5.73 Å². The largest absolute Gasteiger partial charge is 0.383 e. The lowest BCUT2D eigenvalue weighted by molar-refractivity contribution is 0.0751. The molecule has 2 atom stereocenters. The number of benzene rings is 1. The Morgan fingerprint density at radius 1 is 1.32 bits per heavy atom. The van der Waals surface area contributed by atoms with Gasteiger partial charge in [-0.2, -0.15) is 0 Å². The van der Waals surface area contributed by atoms with Gasteiger partial charge in [0.25, 0.3) is 0 Å². The van der Waals surface area contributed by atoms with Crippen molar-refractivity contribution < 1.29 is 4.74 Å². The number of hydrogen-bond acceptors (Lipinski definition) is 3. The molecule has 0 bridgehead atoms. The Balaban J connectivity index is 2.99. The summed E-state index contributed by atoms with van der Waals surface area (Å²) in [5.41, 5.74) is 7.03. The molecule has 3 nitrogen and oxygen atoms in total. The first-order valence-electron chi connectivity index (χ1n) is 6.44. The molecule has 1 aromatic rings. The highest BCUT2D eigenvalue weighted by molar-refractivity contribution is 6.42. The monoisotopic (exact) mass is 304 g/mol. The van der Waals surface area contributed by atoms with Crippen LogP contribution in [0.4, 0.5) is 0 Å². The Hall–Kier alpha value is -0.320. The first kappa shape index (κ1) is 16.7. The summed E-state index contributed by atoms with van der Waals surface area (Å²) in [6, 6.07) is 6.09. The molecule has 2 N–H and O–H groups in total. The maximum atomic E-state index is 6.09. The van der Waals surface area contributed by atoms with Crippen molar-refractivity contribution >= 4 is 23.2 Å². The van der Waals surface area contributed by atoms with Gasteiger partial charge in [-0.15, -0.1) is 0 Å². The number of ether oxygens (including phenoxy) is 1. The molecule has 0 fully saturated rings. The molecule has 0 aliphatic heterocycles. The summed E-state index contributed by atoms with van der Waals surface area (Å²) in [4.78, 5) is 2.31. The molecule has 0 saturated heterocycles. The van der Waals surface area contributed by atoms with Crippen LogP contribution in [0.3, 0.4) is 0 Å². The van der Waals surface area contributed by atoms with Crippen LogP contribution in [0.5, 0.6) is 0 Å². The van der Waals surface area contributed by atoms with E-state index in [2.05, 4.69) is 18.7 Å². The van der Waals surface area contributed by atoms with Crippen LogP contribution >= 0.6 is 23.2 Å². The van der Waals surface area contributed by atoms with Crippen LogP contribution < -0.4 is 5.73 Å². The van der Waals surface area contributed by atoms with Gasteiger partial charge in [0, 0.05) is 25.7 Å². The van der Waals surface area contributed by atoms with E-state index in [1.807, 2.05) is 18.2 Å². The smallest absolute Gasteiger partial charge is 0.0615 e. The molecule has 0 aromatic heterocycles. The van der Waals surface area contributed by atoms with Gasteiger partial charge in [0.1, 0.15) is 0 Å². The van der Waals surface area contributed by atoms with Crippen LogP contribution in [0, 0.1) is 0 Å². The summed E-state index contributed by atoms with van der Waals surface area (Å²) in [5.74, 6) is 0. The van der Waals surface area contributed by atoms with E-state index in [1.165, 1.54) is 0 Å². The second kappa shape index (κ2) is 8.08. The van der Waals surface area contributed by atoms with Crippen molar-refractivity contribution in [1.29, 1.82) is 0 Å². The number of rotatable bonds is 7. The van der Waals surface area contributed by atoms with Gasteiger partial charge in [-0.1, -0.05) is 36.2 Å². The van der Waals surface area contributed by atoms with Crippen molar-refractivity contribution in [1.82, 2.24) is 4.90 Å². The number of nitrogens with zero attached hydrogens (tertiary/aromatic N) is 1. The van der Waals surface area contributed by atoms with Crippen LogP contribution in [-0.2, 0) is 4.74 Å². The Labute approximate surface area is 125 Å². The van der Waals surface area contributed by atoms with Gasteiger partial charge in [-0.25, -0.2) is 0 Å². The second-order valence-corrected chi connectivity index (χ2v) is 5.37. The lowest BCUT2D eigenvalue weighted by atomic mass is 10.0. The first-order valence-corrected chi connectivity index (χ1v) is 7.20. The van der Waals surface area contributed by atoms with Gasteiger partial charge in [-0.05, 0) is 31.2 Å². The minimum absolute atomic E-state index is 0.116. The van der Waals surface area contributed by atoms with Crippen LogP contribution in [-0.4, -0.2) is 37.7 Å². The zero-order valence-electron chi connectivity index (χ0n) is 11.7. The number of hydrogen-bond donors (Lipinski definition) is 1. The zero-order chi connectivity index (χ0) is 14.4. The van der Waals surface area contributed by atoms with E-state index in [4.69, 9.17) is 33.7 Å². The fourth-order valence-electron chi connectivity index (χ4n) is 2.36. The third-order valence-corrected chi connectivity index (χ3v) is 4.03. The van der Waals surface area contributed by atoms with E-state index in [1.54, 1.807) is 7.11 Å². The number of methoxy groups -OCH3 is 1. The van der Waals surface area contributed by atoms with Crippen LogP contribution in [0.2, 0.25) is 10.0 Å². The third kappa shape index (κ3) is 4.33. The quantitative estimate of drug-likeness (QED) is 0.839. The Kier molecular flexibility index (Phi) is 7.11. The van der Waals surface area contributed by atoms with Crippen molar-refractivity contribution in [3.8, 4) is 0 Å². The Morgan fingerprint density at radius 2 is 2.00 bits per heavy atom. The van der Waals surface area contributed by atoms with Gasteiger partial charge in [0.15, 0.2) is 0 Å². The van der Waals surface area contributed by atoms with Gasteiger partial charge >= 0.3 is 0 Å². The van der Waals surface area contributed by atoms with Crippen LogP contribution in [0.15, 0.2) is 18.2 Å². The topological polar surface area (TPSA) is 38.5 Å². The summed E-state index contributed by atoms with van der Waals surface area (Å²) in [7, 11) is 1.71. The van der Waals surface area contributed by atoms with Crippen LogP contribution in [0.25, 0.3) is 0 Å². The highest BCUT2D eigenvalue weighted by atomic mass is 35.5. The summed E-state index contributed by atoms with van der Waals surface area (Å²) < 4.78 is 5.23. The maximum absolute atomic E-state index is 6.09. The van der Waals surface area contributed by atoms with E-state index >= 15 is 0 Å². The molecule has 0 radical (unpaired) electrons. The molecular weight excluding hydrogens is 283 g/mol. The van der Waals surface area contributed by atoms with Gasteiger partial charge in [-0.3, -0.25) is 4.90 Å². The van der Waals surface area contributed by atoms with Gasteiger partial charge < -0.3 is 10.5 Å². The number of nitrogens with two attached hydrogens (primary N) is 1. The molecule has 19 heavy (non-hydrogen) atoms. The van der Waals surface area contributed by atoms with E-state index in [9.17, 15) is 0 Å². The van der Waals surface area contributed by atoms with E-state index in [0.29, 0.717) is 23.2 Å². The van der Waals surface area contributed by atoms with E-state index < -0.39 is 0 Å². The molecule has 0 heterocycles. The predicted octanol–water partition coefficient (Wildman–Crippen LogP) is 3.35. The molecule has 0 spiro atoms. The first-order chi connectivity index (χ1) is 9.04. The third-order valence-electron chi connectivity index (χ3n) is 3.29. The molecule has 1 aromatic carbocycles. The van der Waals surface area contributed by atoms with Gasteiger partial charge in [0.05, 0.1) is 16.7 Å². The average molecular weight is 305 g/mol. The van der Waals surface area contributed by atoms with Crippen molar-refractivity contribution in [3.63, 3.8) is 0 Å². The van der Waals surface area contributed by atoms with Crippen molar-refractivity contribution in [2.75, 3.05) is 26.8 Å². The number of likely N-dealkylation sites (N-methyl/N-ethyl adjacent to an activating group) is 1. The fraction of sp³-hybridized carbons (Fsp3) is 0.571. The average Bonchev–Trinajstić information content (AvgIpc) is 2.39. The Morgan fingerprint density at radius 3 is 2.47 bits per heavy atom. The zero-order valence-corrected chi connectivity index (χ0v) is 13.2. The molecule has 0 saturated carbocycles.